The zero-order valence-electron chi connectivity index (χ0n) is 17.7. The molecule has 0 spiro atoms. The molecule has 3 aromatic carbocycles. The Morgan fingerprint density at radius 3 is 2.13 bits per heavy atom. The van der Waals surface area contributed by atoms with E-state index >= 15 is 0 Å². The van der Waals surface area contributed by atoms with Gasteiger partial charge >= 0.3 is 0 Å². The number of anilines is 2. The maximum Gasteiger partial charge on any atom is 0.262 e. The second kappa shape index (κ2) is 9.27. The number of ether oxygens (including phenoxy) is 1. The molecule has 5 heteroatoms. The van der Waals surface area contributed by atoms with Crippen LogP contribution < -0.4 is 15.0 Å². The van der Waals surface area contributed by atoms with Gasteiger partial charge in [-0.3, -0.25) is 9.59 Å². The largest absolute Gasteiger partial charge is 0.484 e. The highest BCUT2D eigenvalue weighted by molar-refractivity contribution is 6.05. The van der Waals surface area contributed by atoms with Gasteiger partial charge in [0.05, 0.1) is 0 Å². The highest BCUT2D eigenvalue weighted by Crippen LogP contribution is 2.21. The van der Waals surface area contributed by atoms with Crippen molar-refractivity contribution >= 4 is 23.2 Å². The van der Waals surface area contributed by atoms with E-state index in [0.717, 1.165) is 28.1 Å². The molecule has 0 aliphatic rings. The van der Waals surface area contributed by atoms with Gasteiger partial charge in [-0.05, 0) is 68.8 Å². The Morgan fingerprint density at radius 1 is 0.867 bits per heavy atom. The van der Waals surface area contributed by atoms with Crippen molar-refractivity contribution in [2.45, 2.75) is 20.8 Å². The fraction of sp³-hybridized carbons (Fsp3) is 0.200. The summed E-state index contributed by atoms with van der Waals surface area (Å²) in [5.41, 5.74) is 5.42. The maximum absolute atomic E-state index is 12.6. The number of nitrogens with one attached hydrogen (secondary N) is 1. The summed E-state index contributed by atoms with van der Waals surface area (Å²) in [4.78, 5) is 26.4. The first-order valence-electron chi connectivity index (χ1n) is 9.78. The Hall–Kier alpha value is -3.60. The van der Waals surface area contributed by atoms with Gasteiger partial charge in [-0.2, -0.15) is 0 Å². The molecule has 1 N–H and O–H groups in total. The predicted octanol–water partition coefficient (Wildman–Crippen LogP) is 4.91. The molecule has 0 unspecified atom stereocenters. The van der Waals surface area contributed by atoms with E-state index in [0.29, 0.717) is 11.3 Å². The molecule has 2 amide bonds. The van der Waals surface area contributed by atoms with Gasteiger partial charge in [0.2, 0.25) is 0 Å². The van der Waals surface area contributed by atoms with Crippen molar-refractivity contribution in [3.05, 3.63) is 89.0 Å². The summed E-state index contributed by atoms with van der Waals surface area (Å²) in [6.07, 6.45) is 0. The Labute approximate surface area is 177 Å². The van der Waals surface area contributed by atoms with Gasteiger partial charge in [-0.15, -0.1) is 0 Å². The van der Waals surface area contributed by atoms with Crippen LogP contribution in [0.4, 0.5) is 11.4 Å². The van der Waals surface area contributed by atoms with E-state index in [1.54, 1.807) is 36.2 Å². The average molecular weight is 402 g/mol. The van der Waals surface area contributed by atoms with E-state index in [1.807, 2.05) is 63.2 Å². The van der Waals surface area contributed by atoms with Crippen LogP contribution in [-0.2, 0) is 4.79 Å². The van der Waals surface area contributed by atoms with Crippen LogP contribution >= 0.6 is 0 Å². The Bertz CT molecular complexity index is 1040. The summed E-state index contributed by atoms with van der Waals surface area (Å²) >= 11 is 0. The number of carbonyl (C=O) groups excluding carboxylic acids is 2. The number of amides is 2. The van der Waals surface area contributed by atoms with Gasteiger partial charge in [0.15, 0.2) is 6.61 Å². The molecule has 3 aromatic rings. The fourth-order valence-electron chi connectivity index (χ4n) is 3.06. The van der Waals surface area contributed by atoms with Crippen molar-refractivity contribution < 1.29 is 14.3 Å². The van der Waals surface area contributed by atoms with Crippen molar-refractivity contribution in [2.24, 2.45) is 0 Å². The number of hydrogen-bond donors (Lipinski definition) is 1. The number of aryl methyl sites for hydroxylation is 3. The van der Waals surface area contributed by atoms with E-state index < -0.39 is 0 Å². The van der Waals surface area contributed by atoms with Crippen LogP contribution in [0.5, 0.6) is 5.75 Å². The lowest BCUT2D eigenvalue weighted by molar-refractivity contribution is -0.118. The molecule has 0 heterocycles. The Balaban J connectivity index is 1.56. The van der Waals surface area contributed by atoms with Gasteiger partial charge < -0.3 is 15.0 Å². The maximum atomic E-state index is 12.6. The molecule has 154 valence electrons. The third-order valence-corrected chi connectivity index (χ3v) is 4.85. The zero-order valence-corrected chi connectivity index (χ0v) is 17.7. The van der Waals surface area contributed by atoms with Gasteiger partial charge in [-0.25, -0.2) is 0 Å². The molecule has 0 aromatic heterocycles. The second-order valence-electron chi connectivity index (χ2n) is 7.38. The van der Waals surface area contributed by atoms with Crippen LogP contribution in [0.15, 0.2) is 66.7 Å². The number of hydrogen-bond acceptors (Lipinski definition) is 3. The summed E-state index contributed by atoms with van der Waals surface area (Å²) in [5.74, 6) is 0.250. The van der Waals surface area contributed by atoms with Gasteiger partial charge in [0, 0.05) is 24.0 Å². The summed E-state index contributed by atoms with van der Waals surface area (Å²) in [6, 6.07) is 20.4. The smallest absolute Gasteiger partial charge is 0.262 e. The number of carbonyl (C=O) groups is 2. The quantitative estimate of drug-likeness (QED) is 0.638. The molecule has 30 heavy (non-hydrogen) atoms. The van der Waals surface area contributed by atoms with Crippen molar-refractivity contribution in [1.82, 2.24) is 0 Å². The third-order valence-electron chi connectivity index (χ3n) is 4.85. The molecule has 0 fully saturated rings. The van der Waals surface area contributed by atoms with Gasteiger partial charge in [-0.1, -0.05) is 35.4 Å². The van der Waals surface area contributed by atoms with Crippen LogP contribution in [0, 0.1) is 20.8 Å². The molecule has 5 nitrogen and oxygen atoms in total. The van der Waals surface area contributed by atoms with Crippen LogP contribution in [0.1, 0.15) is 27.0 Å². The standard InChI is InChI=1S/C25H26N2O3/c1-17-5-8-20(9-6-17)25(29)27(4)21-10-12-22(13-11-21)30-16-24(28)26-23-14-7-18(2)15-19(23)3/h5-15H,16H2,1-4H3,(H,26,28). The molecule has 0 saturated heterocycles. The van der Waals surface area contributed by atoms with Crippen LogP contribution in [0.3, 0.4) is 0 Å². The van der Waals surface area contributed by atoms with Crippen molar-refractivity contribution in [2.75, 3.05) is 23.9 Å². The van der Waals surface area contributed by atoms with E-state index in [1.165, 1.54) is 0 Å². The third kappa shape index (κ3) is 5.26. The number of rotatable bonds is 6. The van der Waals surface area contributed by atoms with Crippen LogP contribution in [0.2, 0.25) is 0 Å². The molecular formula is C25H26N2O3. The van der Waals surface area contributed by atoms with Crippen molar-refractivity contribution in [1.29, 1.82) is 0 Å². The first kappa shape index (κ1) is 21.1. The molecule has 0 atom stereocenters. The monoisotopic (exact) mass is 402 g/mol. The highest BCUT2D eigenvalue weighted by Gasteiger charge is 2.13. The SMILES string of the molecule is Cc1ccc(C(=O)N(C)c2ccc(OCC(=O)Nc3ccc(C)cc3C)cc2)cc1. The topological polar surface area (TPSA) is 58.6 Å². The zero-order chi connectivity index (χ0) is 21.7. The number of benzene rings is 3. The first-order valence-corrected chi connectivity index (χ1v) is 9.78. The molecule has 0 radical (unpaired) electrons. The summed E-state index contributed by atoms with van der Waals surface area (Å²) in [6.45, 7) is 5.86. The van der Waals surface area contributed by atoms with Crippen molar-refractivity contribution in [3.63, 3.8) is 0 Å². The molecular weight excluding hydrogens is 376 g/mol. The lowest BCUT2D eigenvalue weighted by Crippen LogP contribution is -2.26. The Morgan fingerprint density at radius 2 is 1.50 bits per heavy atom. The van der Waals surface area contributed by atoms with Crippen molar-refractivity contribution in [3.8, 4) is 5.75 Å². The minimum Gasteiger partial charge on any atom is -0.484 e. The van der Waals surface area contributed by atoms with E-state index in [-0.39, 0.29) is 18.4 Å². The molecule has 0 bridgehead atoms. The lowest BCUT2D eigenvalue weighted by atomic mass is 10.1. The van der Waals surface area contributed by atoms with Gasteiger partial charge in [0.1, 0.15) is 5.75 Å². The fourth-order valence-corrected chi connectivity index (χ4v) is 3.06. The van der Waals surface area contributed by atoms with Crippen LogP contribution in [-0.4, -0.2) is 25.5 Å². The minimum absolute atomic E-state index is 0.0866. The first-order chi connectivity index (χ1) is 14.3. The van der Waals surface area contributed by atoms with E-state index in [4.69, 9.17) is 4.74 Å². The van der Waals surface area contributed by atoms with Gasteiger partial charge in [0.25, 0.3) is 11.8 Å². The number of nitrogens with zero attached hydrogens (tertiary/aromatic N) is 1. The summed E-state index contributed by atoms with van der Waals surface area (Å²) in [5, 5.41) is 2.86. The van der Waals surface area contributed by atoms with Crippen LogP contribution in [0.25, 0.3) is 0 Å². The van der Waals surface area contributed by atoms with E-state index in [9.17, 15) is 9.59 Å². The average Bonchev–Trinajstić information content (AvgIpc) is 2.74. The highest BCUT2D eigenvalue weighted by atomic mass is 16.5. The molecule has 3 rings (SSSR count). The molecule has 0 saturated carbocycles. The normalized spacial score (nSPS) is 10.4. The summed E-state index contributed by atoms with van der Waals surface area (Å²) < 4.78 is 5.58. The lowest BCUT2D eigenvalue weighted by Gasteiger charge is -2.18. The second-order valence-corrected chi connectivity index (χ2v) is 7.38. The van der Waals surface area contributed by atoms with E-state index in [2.05, 4.69) is 5.32 Å². The molecule has 0 aliphatic carbocycles. The predicted molar refractivity (Wildman–Crippen MR) is 120 cm³/mol. The Kier molecular flexibility index (Phi) is 6.52. The molecule has 0 aliphatic heterocycles. The minimum atomic E-state index is -0.224. The summed E-state index contributed by atoms with van der Waals surface area (Å²) in [7, 11) is 1.73.